The Hall–Kier alpha value is -1.65. The Morgan fingerprint density at radius 2 is 2.07 bits per heavy atom. The van der Waals surface area contributed by atoms with E-state index in [0.717, 1.165) is 23.0 Å². The van der Waals surface area contributed by atoms with Crippen LogP contribution in [-0.4, -0.2) is 29.0 Å². The molecule has 1 aliphatic rings. The van der Waals surface area contributed by atoms with Crippen molar-refractivity contribution in [1.82, 2.24) is 9.97 Å². The van der Waals surface area contributed by atoms with E-state index >= 15 is 0 Å². The van der Waals surface area contributed by atoms with Crippen molar-refractivity contribution in [1.29, 1.82) is 0 Å². The van der Waals surface area contributed by atoms with Gasteiger partial charge in [-0.25, -0.2) is 9.97 Å². The third-order valence-corrected chi connectivity index (χ3v) is 2.73. The fourth-order valence-electron chi connectivity index (χ4n) is 1.68. The second-order valence-electron chi connectivity index (χ2n) is 3.83. The van der Waals surface area contributed by atoms with Gasteiger partial charge in [0.15, 0.2) is 5.82 Å². The number of nitrogens with zero attached hydrogens (tertiary/aromatic N) is 3. The van der Waals surface area contributed by atoms with Gasteiger partial charge in [-0.15, -0.1) is 0 Å². The van der Waals surface area contributed by atoms with Gasteiger partial charge in [-0.1, -0.05) is 0 Å². The summed E-state index contributed by atoms with van der Waals surface area (Å²) in [4.78, 5) is 22.0. The normalized spacial score (nSPS) is 19.9. The lowest BCUT2D eigenvalue weighted by Crippen LogP contribution is -2.44. The Balaban J connectivity index is 0.00000128. The van der Waals surface area contributed by atoms with E-state index in [2.05, 4.69) is 15.3 Å². The molecule has 0 bridgehead atoms. The van der Waals surface area contributed by atoms with E-state index < -0.39 is 0 Å². The molecule has 82 valence electrons. The summed E-state index contributed by atoms with van der Waals surface area (Å²) >= 11 is 0. The Morgan fingerprint density at radius 3 is 2.73 bits per heavy atom. The number of carbonyl (C=O) groups is 1. The standard InChI is InChI=1S/C10H14N4O.H2/c1-5-8-9(12-7(3)11-5)14(4)6(2)10(15)13-8;/h6H,1-4H3,(H,13,15);1H/t6-;/m0./s1. The third-order valence-electron chi connectivity index (χ3n) is 2.73. The minimum atomic E-state index is -0.189. The largest absolute Gasteiger partial charge is 0.346 e. The molecule has 1 atom stereocenters. The summed E-state index contributed by atoms with van der Waals surface area (Å²) in [7, 11) is 1.87. The molecule has 1 aromatic heterocycles. The zero-order valence-electron chi connectivity index (χ0n) is 9.33. The summed E-state index contributed by atoms with van der Waals surface area (Å²) in [6.45, 7) is 5.57. The molecule has 0 radical (unpaired) electrons. The minimum Gasteiger partial charge on any atom is -0.346 e. The number of nitrogens with one attached hydrogen (secondary N) is 1. The molecule has 0 fully saturated rings. The first-order valence-corrected chi connectivity index (χ1v) is 4.89. The van der Waals surface area contributed by atoms with Gasteiger partial charge in [-0.2, -0.15) is 0 Å². The van der Waals surface area contributed by atoms with Crippen molar-refractivity contribution in [2.75, 3.05) is 17.3 Å². The van der Waals surface area contributed by atoms with Crippen LogP contribution in [0.4, 0.5) is 11.5 Å². The van der Waals surface area contributed by atoms with Crippen molar-refractivity contribution >= 4 is 17.4 Å². The van der Waals surface area contributed by atoms with Crippen LogP contribution in [-0.2, 0) is 4.79 Å². The number of amides is 1. The maximum Gasteiger partial charge on any atom is 0.246 e. The molecule has 0 aliphatic carbocycles. The first-order chi connectivity index (χ1) is 7.00. The summed E-state index contributed by atoms with van der Waals surface area (Å²) in [5, 5.41) is 2.83. The fourth-order valence-corrected chi connectivity index (χ4v) is 1.68. The van der Waals surface area contributed by atoms with Gasteiger partial charge in [0, 0.05) is 8.47 Å². The molecule has 5 nitrogen and oxygen atoms in total. The molecule has 0 saturated heterocycles. The number of aromatic nitrogens is 2. The maximum atomic E-state index is 11.6. The molecule has 0 aromatic carbocycles. The number of likely N-dealkylation sites (N-methyl/N-ethyl adjacent to an activating group) is 1. The Kier molecular flexibility index (Phi) is 2.10. The van der Waals surface area contributed by atoms with Crippen molar-refractivity contribution in [2.24, 2.45) is 0 Å². The van der Waals surface area contributed by atoms with E-state index in [1.165, 1.54) is 0 Å². The van der Waals surface area contributed by atoms with Gasteiger partial charge in [0.2, 0.25) is 5.91 Å². The summed E-state index contributed by atoms with van der Waals surface area (Å²) in [5.41, 5.74) is 1.54. The average Bonchev–Trinajstić information content (AvgIpc) is 2.17. The lowest BCUT2D eigenvalue weighted by Gasteiger charge is -2.32. The van der Waals surface area contributed by atoms with Gasteiger partial charge in [0.1, 0.15) is 17.6 Å². The number of carbonyl (C=O) groups excluding carboxylic acids is 1. The number of anilines is 2. The number of fused-ring (bicyclic) bond motifs is 1. The number of hydrogen-bond donors (Lipinski definition) is 1. The van der Waals surface area contributed by atoms with E-state index in [1.54, 1.807) is 0 Å². The van der Waals surface area contributed by atoms with E-state index in [1.807, 2.05) is 32.7 Å². The highest BCUT2D eigenvalue weighted by molar-refractivity contribution is 6.02. The maximum absolute atomic E-state index is 11.6. The molecule has 0 unspecified atom stereocenters. The highest BCUT2D eigenvalue weighted by atomic mass is 16.2. The second kappa shape index (κ2) is 3.18. The van der Waals surface area contributed by atoms with Crippen LogP contribution in [0.3, 0.4) is 0 Å². The van der Waals surface area contributed by atoms with Crippen LogP contribution in [0.1, 0.15) is 19.9 Å². The van der Waals surface area contributed by atoms with Crippen LogP contribution in [0.15, 0.2) is 0 Å². The van der Waals surface area contributed by atoms with Gasteiger partial charge in [0.05, 0.1) is 5.69 Å². The SMILES string of the molecule is Cc1nc(C)c2c(n1)N(C)[C@@H](C)C(=O)N2.[HH]. The molecule has 1 amide bonds. The van der Waals surface area contributed by atoms with Gasteiger partial charge in [-0.3, -0.25) is 4.79 Å². The summed E-state index contributed by atoms with van der Waals surface area (Å²) in [6, 6.07) is -0.189. The van der Waals surface area contributed by atoms with Gasteiger partial charge >= 0.3 is 0 Å². The van der Waals surface area contributed by atoms with Crippen LogP contribution in [0.5, 0.6) is 0 Å². The fraction of sp³-hybridized carbons (Fsp3) is 0.500. The molecular formula is C10H16N4O. The zero-order valence-corrected chi connectivity index (χ0v) is 9.33. The third kappa shape index (κ3) is 1.44. The molecule has 1 N–H and O–H groups in total. The highest BCUT2D eigenvalue weighted by Crippen LogP contribution is 2.30. The van der Waals surface area contributed by atoms with Gasteiger partial charge in [-0.05, 0) is 20.8 Å². The van der Waals surface area contributed by atoms with Gasteiger partial charge < -0.3 is 10.2 Å². The van der Waals surface area contributed by atoms with Crippen LogP contribution in [0, 0.1) is 13.8 Å². The Labute approximate surface area is 90.0 Å². The van der Waals surface area contributed by atoms with E-state index in [4.69, 9.17) is 0 Å². The molecule has 1 aliphatic heterocycles. The molecule has 2 heterocycles. The minimum absolute atomic E-state index is 0. The highest BCUT2D eigenvalue weighted by Gasteiger charge is 2.29. The number of hydrogen-bond acceptors (Lipinski definition) is 4. The molecule has 1 aromatic rings. The van der Waals surface area contributed by atoms with Gasteiger partial charge in [0.25, 0.3) is 0 Å². The van der Waals surface area contributed by atoms with E-state index in [0.29, 0.717) is 0 Å². The lowest BCUT2D eigenvalue weighted by molar-refractivity contribution is -0.117. The smallest absolute Gasteiger partial charge is 0.246 e. The van der Waals surface area contributed by atoms with Crippen LogP contribution in [0.2, 0.25) is 0 Å². The summed E-state index contributed by atoms with van der Waals surface area (Å²) in [5.74, 6) is 1.51. The monoisotopic (exact) mass is 208 g/mol. The van der Waals surface area contributed by atoms with Crippen LogP contribution in [0.25, 0.3) is 0 Å². The molecule has 2 rings (SSSR count). The van der Waals surface area contributed by atoms with Crippen molar-refractivity contribution in [2.45, 2.75) is 26.8 Å². The Bertz CT molecular complexity index is 435. The second-order valence-corrected chi connectivity index (χ2v) is 3.83. The quantitative estimate of drug-likeness (QED) is 0.694. The summed E-state index contributed by atoms with van der Waals surface area (Å²) in [6.07, 6.45) is 0. The lowest BCUT2D eigenvalue weighted by atomic mass is 10.2. The van der Waals surface area contributed by atoms with Crippen LogP contribution >= 0.6 is 0 Å². The average molecular weight is 208 g/mol. The number of rotatable bonds is 0. The predicted molar refractivity (Wildman–Crippen MR) is 60.1 cm³/mol. The molecule has 5 heteroatoms. The molecule has 15 heavy (non-hydrogen) atoms. The molecular weight excluding hydrogens is 192 g/mol. The Morgan fingerprint density at radius 1 is 1.40 bits per heavy atom. The predicted octanol–water partition coefficient (Wildman–Crippen LogP) is 1.12. The van der Waals surface area contributed by atoms with E-state index in [-0.39, 0.29) is 13.4 Å². The topological polar surface area (TPSA) is 58.1 Å². The van der Waals surface area contributed by atoms with Crippen molar-refractivity contribution in [3.05, 3.63) is 11.5 Å². The molecule has 0 saturated carbocycles. The van der Waals surface area contributed by atoms with Crippen molar-refractivity contribution in [3.8, 4) is 0 Å². The van der Waals surface area contributed by atoms with Crippen molar-refractivity contribution in [3.63, 3.8) is 0 Å². The number of aryl methyl sites for hydroxylation is 2. The summed E-state index contributed by atoms with van der Waals surface area (Å²) < 4.78 is 0. The van der Waals surface area contributed by atoms with Crippen molar-refractivity contribution < 1.29 is 6.22 Å². The first-order valence-electron chi connectivity index (χ1n) is 4.89. The van der Waals surface area contributed by atoms with E-state index in [9.17, 15) is 4.79 Å². The molecule has 0 spiro atoms. The zero-order chi connectivity index (χ0) is 11.2. The first kappa shape index (κ1) is 9.89. The van der Waals surface area contributed by atoms with Crippen LogP contribution < -0.4 is 10.2 Å².